The highest BCUT2D eigenvalue weighted by molar-refractivity contribution is 5.66. The average Bonchev–Trinajstić information content (AvgIpc) is 1.95. The lowest BCUT2D eigenvalue weighted by molar-refractivity contribution is -0.321. The van der Waals surface area contributed by atoms with Gasteiger partial charge in [0, 0.05) is 20.3 Å². The first-order valence-corrected chi connectivity index (χ1v) is 4.11. The molecule has 82 valence electrons. The van der Waals surface area contributed by atoms with Crippen LogP contribution in [0.2, 0.25) is 0 Å². The van der Waals surface area contributed by atoms with Crippen LogP contribution in [0.15, 0.2) is 0 Å². The fourth-order valence-corrected chi connectivity index (χ4v) is 0.800. The number of rotatable bonds is 5. The molecule has 0 aromatic carbocycles. The van der Waals surface area contributed by atoms with Crippen molar-refractivity contribution in [3.05, 3.63) is 0 Å². The minimum Gasteiger partial charge on any atom is -0.466 e. The predicted octanol–water partition coefficient (Wildman–Crippen LogP) is -0.469. The molecule has 0 amide bonds. The molecule has 0 fully saturated rings. The molecule has 0 bridgehead atoms. The fraction of sp³-hybridized carbons (Fsp3) is 0.750. The van der Waals surface area contributed by atoms with Gasteiger partial charge in [-0.3, -0.25) is 9.59 Å². The Labute approximate surface area is 81.4 Å². The Bertz CT molecular complexity index is 210. The fourth-order valence-electron chi connectivity index (χ4n) is 0.800. The Kier molecular flexibility index (Phi) is 5.11. The lowest BCUT2D eigenvalue weighted by atomic mass is 10.3. The van der Waals surface area contributed by atoms with Crippen LogP contribution in [-0.2, 0) is 19.1 Å². The van der Waals surface area contributed by atoms with E-state index in [1.807, 2.05) is 0 Å². The SMILES string of the molecule is CC(=O)OCCCC(O)(O)OC(C)=O. The minimum atomic E-state index is -2.48. The van der Waals surface area contributed by atoms with Crippen molar-refractivity contribution in [3.8, 4) is 0 Å². The molecule has 0 aliphatic carbocycles. The Morgan fingerprint density at radius 1 is 1.21 bits per heavy atom. The van der Waals surface area contributed by atoms with Crippen molar-refractivity contribution in [2.24, 2.45) is 0 Å². The Morgan fingerprint density at radius 2 is 1.79 bits per heavy atom. The molecule has 14 heavy (non-hydrogen) atoms. The summed E-state index contributed by atoms with van der Waals surface area (Å²) in [5, 5.41) is 18.0. The summed E-state index contributed by atoms with van der Waals surface area (Å²) < 4.78 is 8.72. The standard InChI is InChI=1S/C8H14O6/c1-6(9)13-5-3-4-8(11,12)14-7(2)10/h11-12H,3-5H2,1-2H3. The van der Waals surface area contributed by atoms with Gasteiger partial charge in [-0.25, -0.2) is 0 Å². The van der Waals surface area contributed by atoms with E-state index in [-0.39, 0.29) is 19.4 Å². The molecule has 0 aromatic heterocycles. The molecule has 0 aliphatic rings. The van der Waals surface area contributed by atoms with E-state index < -0.39 is 17.9 Å². The van der Waals surface area contributed by atoms with Crippen LogP contribution in [0.4, 0.5) is 0 Å². The highest BCUT2D eigenvalue weighted by Crippen LogP contribution is 2.10. The summed E-state index contributed by atoms with van der Waals surface area (Å²) in [4.78, 5) is 20.7. The summed E-state index contributed by atoms with van der Waals surface area (Å²) in [6, 6.07) is 0. The van der Waals surface area contributed by atoms with Crippen molar-refractivity contribution < 1.29 is 29.3 Å². The van der Waals surface area contributed by atoms with Gasteiger partial charge < -0.3 is 19.7 Å². The lowest BCUT2D eigenvalue weighted by Gasteiger charge is -2.20. The van der Waals surface area contributed by atoms with Gasteiger partial charge in [-0.1, -0.05) is 0 Å². The van der Waals surface area contributed by atoms with Gasteiger partial charge in [0.25, 0.3) is 0 Å². The van der Waals surface area contributed by atoms with Gasteiger partial charge in [0.05, 0.1) is 6.61 Å². The number of hydrogen-bond acceptors (Lipinski definition) is 6. The van der Waals surface area contributed by atoms with Crippen molar-refractivity contribution in [2.75, 3.05) is 6.61 Å². The summed E-state index contributed by atoms with van der Waals surface area (Å²) in [6.07, 6.45) is -0.0142. The van der Waals surface area contributed by atoms with E-state index in [2.05, 4.69) is 9.47 Å². The monoisotopic (exact) mass is 206 g/mol. The highest BCUT2D eigenvalue weighted by atomic mass is 16.8. The summed E-state index contributed by atoms with van der Waals surface area (Å²) in [6.45, 7) is 2.37. The third-order valence-electron chi connectivity index (χ3n) is 1.26. The van der Waals surface area contributed by atoms with Crippen LogP contribution in [0.25, 0.3) is 0 Å². The van der Waals surface area contributed by atoms with Gasteiger partial charge >= 0.3 is 17.9 Å². The van der Waals surface area contributed by atoms with Crippen LogP contribution >= 0.6 is 0 Å². The van der Waals surface area contributed by atoms with E-state index in [0.717, 1.165) is 6.92 Å². The summed E-state index contributed by atoms with van der Waals surface area (Å²) in [5.74, 6) is -3.71. The van der Waals surface area contributed by atoms with E-state index in [1.165, 1.54) is 6.92 Å². The van der Waals surface area contributed by atoms with E-state index in [4.69, 9.17) is 10.2 Å². The summed E-state index contributed by atoms with van der Waals surface area (Å²) >= 11 is 0. The first-order valence-electron chi connectivity index (χ1n) is 4.11. The molecule has 0 aliphatic heterocycles. The van der Waals surface area contributed by atoms with Crippen LogP contribution in [-0.4, -0.2) is 34.7 Å². The second-order valence-electron chi connectivity index (χ2n) is 2.78. The van der Waals surface area contributed by atoms with Crippen LogP contribution in [0.1, 0.15) is 26.7 Å². The zero-order chi connectivity index (χ0) is 11.2. The molecule has 0 aromatic rings. The molecule has 0 radical (unpaired) electrons. The highest BCUT2D eigenvalue weighted by Gasteiger charge is 2.26. The quantitative estimate of drug-likeness (QED) is 0.359. The molecule has 2 N–H and O–H groups in total. The average molecular weight is 206 g/mol. The molecule has 6 nitrogen and oxygen atoms in total. The number of aliphatic hydroxyl groups is 2. The second kappa shape index (κ2) is 5.56. The Balaban J connectivity index is 3.65. The normalized spacial score (nSPS) is 10.9. The van der Waals surface area contributed by atoms with Gasteiger partial charge in [0.2, 0.25) is 0 Å². The number of carbonyl (C=O) groups excluding carboxylic acids is 2. The van der Waals surface area contributed by atoms with Crippen molar-refractivity contribution in [2.45, 2.75) is 32.7 Å². The van der Waals surface area contributed by atoms with Crippen LogP contribution in [0, 0.1) is 0 Å². The summed E-state index contributed by atoms with van der Waals surface area (Å²) in [7, 11) is 0. The molecular weight excluding hydrogens is 192 g/mol. The van der Waals surface area contributed by atoms with Gasteiger partial charge in [0.15, 0.2) is 0 Å². The first kappa shape index (κ1) is 12.9. The van der Waals surface area contributed by atoms with Gasteiger partial charge in [-0.05, 0) is 6.42 Å². The van der Waals surface area contributed by atoms with E-state index in [1.54, 1.807) is 0 Å². The molecule has 6 heteroatoms. The molecule has 0 saturated heterocycles. The lowest BCUT2D eigenvalue weighted by Crippen LogP contribution is -2.34. The Morgan fingerprint density at radius 3 is 2.21 bits per heavy atom. The van der Waals surface area contributed by atoms with Gasteiger partial charge in [-0.15, -0.1) is 0 Å². The van der Waals surface area contributed by atoms with Crippen LogP contribution in [0.3, 0.4) is 0 Å². The maximum absolute atomic E-state index is 10.4. The van der Waals surface area contributed by atoms with E-state index in [9.17, 15) is 9.59 Å². The van der Waals surface area contributed by atoms with Crippen molar-refractivity contribution in [1.29, 1.82) is 0 Å². The molecule has 0 spiro atoms. The largest absolute Gasteiger partial charge is 0.466 e. The second-order valence-corrected chi connectivity index (χ2v) is 2.78. The number of esters is 2. The van der Waals surface area contributed by atoms with Gasteiger partial charge in [-0.2, -0.15) is 0 Å². The number of ether oxygens (including phenoxy) is 2. The third kappa shape index (κ3) is 7.51. The number of carbonyl (C=O) groups is 2. The minimum absolute atomic E-state index is 0.0550. The molecule has 0 atom stereocenters. The predicted molar refractivity (Wildman–Crippen MR) is 44.8 cm³/mol. The molecule has 0 heterocycles. The zero-order valence-corrected chi connectivity index (χ0v) is 8.15. The Hall–Kier alpha value is -1.14. The van der Waals surface area contributed by atoms with E-state index >= 15 is 0 Å². The van der Waals surface area contributed by atoms with Crippen molar-refractivity contribution in [3.63, 3.8) is 0 Å². The smallest absolute Gasteiger partial charge is 0.324 e. The first-order chi connectivity index (χ1) is 6.33. The van der Waals surface area contributed by atoms with Crippen molar-refractivity contribution in [1.82, 2.24) is 0 Å². The maximum Gasteiger partial charge on any atom is 0.324 e. The van der Waals surface area contributed by atoms with Gasteiger partial charge in [0.1, 0.15) is 0 Å². The molecular formula is C8H14O6. The number of hydrogen-bond donors (Lipinski definition) is 2. The third-order valence-corrected chi connectivity index (χ3v) is 1.26. The van der Waals surface area contributed by atoms with Crippen molar-refractivity contribution >= 4 is 11.9 Å². The molecule has 0 saturated carbocycles. The topological polar surface area (TPSA) is 93.1 Å². The molecule has 0 unspecified atom stereocenters. The molecule has 0 rings (SSSR count). The van der Waals surface area contributed by atoms with E-state index in [0.29, 0.717) is 0 Å². The maximum atomic E-state index is 10.4. The van der Waals surface area contributed by atoms with Crippen LogP contribution in [0.5, 0.6) is 0 Å². The van der Waals surface area contributed by atoms with Crippen LogP contribution < -0.4 is 0 Å². The zero-order valence-electron chi connectivity index (χ0n) is 8.15. The summed E-state index contributed by atoms with van der Waals surface area (Å²) in [5.41, 5.74) is 0.